The molecule has 0 saturated carbocycles. The molecule has 3 rings (SSSR count). The van der Waals surface area contributed by atoms with Gasteiger partial charge in [-0.2, -0.15) is 0 Å². The molecule has 0 N–H and O–H groups in total. The summed E-state index contributed by atoms with van der Waals surface area (Å²) >= 11 is 6.68. The van der Waals surface area contributed by atoms with Crippen molar-refractivity contribution in [3.8, 4) is 0 Å². The van der Waals surface area contributed by atoms with E-state index in [0.29, 0.717) is 22.2 Å². The summed E-state index contributed by atoms with van der Waals surface area (Å²) in [6, 6.07) is 8.17. The maximum atomic E-state index is 12.7. The van der Waals surface area contributed by atoms with Gasteiger partial charge in [-0.3, -0.25) is 14.5 Å². The van der Waals surface area contributed by atoms with Crippen LogP contribution in [0, 0.1) is 0 Å². The SMILES string of the molecule is CCc1ccc(/C=C2/SC(=S)N(CCC(=O)N3CCN(C)CC3)C2=O)cc1. The van der Waals surface area contributed by atoms with E-state index in [1.807, 2.05) is 23.1 Å². The third kappa shape index (κ3) is 4.97. The van der Waals surface area contributed by atoms with E-state index in [9.17, 15) is 9.59 Å². The first-order chi connectivity index (χ1) is 13.0. The van der Waals surface area contributed by atoms with Crippen LogP contribution in [-0.2, 0) is 16.0 Å². The Kier molecular flexibility index (Phi) is 6.68. The van der Waals surface area contributed by atoms with Crippen molar-refractivity contribution < 1.29 is 9.59 Å². The summed E-state index contributed by atoms with van der Waals surface area (Å²) in [5.74, 6) is -0.00738. The largest absolute Gasteiger partial charge is 0.340 e. The van der Waals surface area contributed by atoms with Gasteiger partial charge in [0.2, 0.25) is 5.91 Å². The van der Waals surface area contributed by atoms with Gasteiger partial charge in [0.05, 0.1) is 4.91 Å². The molecule has 0 aliphatic carbocycles. The Hall–Kier alpha value is -1.70. The van der Waals surface area contributed by atoms with Gasteiger partial charge in [0.15, 0.2) is 0 Å². The molecule has 0 atom stereocenters. The molecule has 1 aromatic carbocycles. The van der Waals surface area contributed by atoms with Crippen molar-refractivity contribution in [3.63, 3.8) is 0 Å². The minimum atomic E-state index is -0.101. The summed E-state index contributed by atoms with van der Waals surface area (Å²) in [7, 11) is 2.06. The molecule has 0 bridgehead atoms. The smallest absolute Gasteiger partial charge is 0.266 e. The summed E-state index contributed by atoms with van der Waals surface area (Å²) in [6.45, 7) is 5.76. The van der Waals surface area contributed by atoms with E-state index >= 15 is 0 Å². The van der Waals surface area contributed by atoms with Crippen LogP contribution < -0.4 is 0 Å². The molecule has 27 heavy (non-hydrogen) atoms. The van der Waals surface area contributed by atoms with Crippen LogP contribution in [0.15, 0.2) is 29.2 Å². The Morgan fingerprint density at radius 1 is 1.19 bits per heavy atom. The molecule has 0 unspecified atom stereocenters. The lowest BCUT2D eigenvalue weighted by Crippen LogP contribution is -2.47. The Balaban J connectivity index is 1.58. The minimum absolute atomic E-state index is 0.0938. The van der Waals surface area contributed by atoms with Crippen LogP contribution in [0.25, 0.3) is 6.08 Å². The van der Waals surface area contributed by atoms with E-state index < -0.39 is 0 Å². The molecule has 2 amide bonds. The highest BCUT2D eigenvalue weighted by atomic mass is 32.2. The zero-order valence-electron chi connectivity index (χ0n) is 15.8. The fraction of sp³-hybridized carbons (Fsp3) is 0.450. The molecule has 0 spiro atoms. The lowest BCUT2D eigenvalue weighted by Gasteiger charge is -2.32. The Morgan fingerprint density at radius 2 is 1.85 bits per heavy atom. The van der Waals surface area contributed by atoms with Crippen molar-refractivity contribution in [3.05, 3.63) is 40.3 Å². The molecule has 2 aliphatic rings. The molecular weight excluding hydrogens is 378 g/mol. The predicted octanol–water partition coefficient (Wildman–Crippen LogP) is 2.61. The number of aryl methyl sites for hydroxylation is 1. The number of hydrogen-bond acceptors (Lipinski definition) is 5. The van der Waals surface area contributed by atoms with E-state index in [0.717, 1.165) is 38.2 Å². The Morgan fingerprint density at radius 3 is 2.48 bits per heavy atom. The maximum absolute atomic E-state index is 12.7. The lowest BCUT2D eigenvalue weighted by atomic mass is 10.1. The summed E-state index contributed by atoms with van der Waals surface area (Å²) in [5, 5.41) is 0. The van der Waals surface area contributed by atoms with Gasteiger partial charge in [-0.15, -0.1) is 0 Å². The number of carbonyl (C=O) groups excluding carboxylic acids is 2. The average molecular weight is 404 g/mol. The molecule has 0 radical (unpaired) electrons. The third-order valence-electron chi connectivity index (χ3n) is 4.96. The van der Waals surface area contributed by atoms with E-state index in [4.69, 9.17) is 12.2 Å². The van der Waals surface area contributed by atoms with Crippen LogP contribution in [0.5, 0.6) is 0 Å². The number of thiocarbonyl (C=S) groups is 1. The quantitative estimate of drug-likeness (QED) is 0.559. The Bertz CT molecular complexity index is 753. The van der Waals surface area contributed by atoms with Gasteiger partial charge in [0, 0.05) is 39.1 Å². The highest BCUT2D eigenvalue weighted by Crippen LogP contribution is 2.32. The standard InChI is InChI=1S/C20H25N3O2S2/c1-3-15-4-6-16(7-5-15)14-17-19(25)23(20(26)27-17)9-8-18(24)22-12-10-21(2)11-13-22/h4-7,14H,3,8-13H2,1-2H3/b17-14+. The van der Waals surface area contributed by atoms with Crippen molar-refractivity contribution in [1.29, 1.82) is 0 Å². The van der Waals surface area contributed by atoms with Crippen molar-refractivity contribution in [2.24, 2.45) is 0 Å². The van der Waals surface area contributed by atoms with Crippen molar-refractivity contribution in [1.82, 2.24) is 14.7 Å². The number of rotatable bonds is 5. The summed E-state index contributed by atoms with van der Waals surface area (Å²) < 4.78 is 0.530. The second-order valence-electron chi connectivity index (χ2n) is 6.86. The summed E-state index contributed by atoms with van der Waals surface area (Å²) in [5.41, 5.74) is 2.25. The Labute approximate surface area is 170 Å². The molecular formula is C20H25N3O2S2. The highest BCUT2D eigenvalue weighted by Gasteiger charge is 2.32. The normalized spacial score (nSPS) is 20.0. The van der Waals surface area contributed by atoms with Gasteiger partial charge in [-0.25, -0.2) is 0 Å². The lowest BCUT2D eigenvalue weighted by molar-refractivity contribution is -0.133. The van der Waals surface area contributed by atoms with Crippen molar-refractivity contribution >= 4 is 46.2 Å². The molecule has 0 aromatic heterocycles. The fourth-order valence-electron chi connectivity index (χ4n) is 3.12. The molecule has 2 heterocycles. The molecule has 5 nitrogen and oxygen atoms in total. The van der Waals surface area contributed by atoms with E-state index in [1.165, 1.54) is 17.3 Å². The zero-order valence-corrected chi connectivity index (χ0v) is 17.4. The van der Waals surface area contributed by atoms with Crippen LogP contribution in [0.3, 0.4) is 0 Å². The van der Waals surface area contributed by atoms with E-state index in [1.54, 1.807) is 4.90 Å². The highest BCUT2D eigenvalue weighted by molar-refractivity contribution is 8.26. The number of piperazine rings is 1. The zero-order chi connectivity index (χ0) is 19.4. The van der Waals surface area contributed by atoms with E-state index in [-0.39, 0.29) is 11.8 Å². The van der Waals surface area contributed by atoms with Gasteiger partial charge < -0.3 is 9.80 Å². The summed E-state index contributed by atoms with van der Waals surface area (Å²) in [6.07, 6.45) is 3.18. The van der Waals surface area contributed by atoms with Crippen LogP contribution in [0.2, 0.25) is 0 Å². The van der Waals surface area contributed by atoms with Crippen LogP contribution in [0.1, 0.15) is 24.5 Å². The molecule has 2 aliphatic heterocycles. The van der Waals surface area contributed by atoms with Gasteiger partial charge in [0.1, 0.15) is 4.32 Å². The van der Waals surface area contributed by atoms with E-state index in [2.05, 4.69) is 31.0 Å². The first-order valence-electron chi connectivity index (χ1n) is 9.28. The van der Waals surface area contributed by atoms with Crippen LogP contribution >= 0.6 is 24.0 Å². The summed E-state index contributed by atoms with van der Waals surface area (Å²) in [4.78, 5) is 31.4. The maximum Gasteiger partial charge on any atom is 0.266 e. The van der Waals surface area contributed by atoms with Crippen molar-refractivity contribution in [2.75, 3.05) is 39.8 Å². The van der Waals surface area contributed by atoms with Gasteiger partial charge >= 0.3 is 0 Å². The van der Waals surface area contributed by atoms with Gasteiger partial charge in [0.25, 0.3) is 5.91 Å². The fourth-order valence-corrected chi connectivity index (χ4v) is 4.42. The van der Waals surface area contributed by atoms with Crippen LogP contribution in [-0.4, -0.2) is 70.6 Å². The number of hydrogen-bond donors (Lipinski definition) is 0. The van der Waals surface area contributed by atoms with Crippen molar-refractivity contribution in [2.45, 2.75) is 19.8 Å². The second kappa shape index (κ2) is 8.99. The first kappa shape index (κ1) is 20.0. The average Bonchev–Trinajstić information content (AvgIpc) is 2.94. The monoisotopic (exact) mass is 403 g/mol. The predicted molar refractivity (Wildman–Crippen MR) is 114 cm³/mol. The molecule has 144 valence electrons. The van der Waals surface area contributed by atoms with Gasteiger partial charge in [-0.05, 0) is 30.7 Å². The first-order valence-corrected chi connectivity index (χ1v) is 10.5. The number of carbonyl (C=O) groups is 2. The minimum Gasteiger partial charge on any atom is -0.340 e. The molecule has 7 heteroatoms. The topological polar surface area (TPSA) is 43.9 Å². The number of likely N-dealkylation sites (N-methyl/N-ethyl adjacent to an activating group) is 1. The number of thioether (sulfide) groups is 1. The number of amides is 2. The number of benzene rings is 1. The van der Waals surface area contributed by atoms with Gasteiger partial charge in [-0.1, -0.05) is 55.2 Å². The van der Waals surface area contributed by atoms with Crippen LogP contribution in [0.4, 0.5) is 0 Å². The molecule has 2 saturated heterocycles. The molecule has 2 fully saturated rings. The molecule has 1 aromatic rings. The second-order valence-corrected chi connectivity index (χ2v) is 8.54. The third-order valence-corrected chi connectivity index (χ3v) is 6.34. The number of nitrogens with zero attached hydrogens (tertiary/aromatic N) is 3.